The topological polar surface area (TPSA) is 71.3 Å². The number of nitrogens with zero attached hydrogens (tertiary/aromatic N) is 5. The van der Waals surface area contributed by atoms with Gasteiger partial charge >= 0.3 is 0 Å². The standard InChI is InChI=1S/C10H17N5O2S/c16-18(17,14-4-1-2-5-14)15-8-10(9-15)7-13-6-3-11-12-13/h3,6,10H,1-2,4-5,7-9H2. The molecule has 100 valence electrons. The molecule has 0 atom stereocenters. The van der Waals surface area contributed by atoms with Gasteiger partial charge in [-0.05, 0) is 12.8 Å². The van der Waals surface area contributed by atoms with Crippen LogP contribution in [0.4, 0.5) is 0 Å². The van der Waals surface area contributed by atoms with Gasteiger partial charge in [-0.25, -0.2) is 0 Å². The zero-order chi connectivity index (χ0) is 12.6. The number of hydrogen-bond donors (Lipinski definition) is 0. The lowest BCUT2D eigenvalue weighted by molar-refractivity contribution is 0.164. The van der Waals surface area contributed by atoms with Crippen LogP contribution in [0.25, 0.3) is 0 Å². The Hall–Kier alpha value is -0.990. The lowest BCUT2D eigenvalue weighted by Gasteiger charge is -2.39. The average molecular weight is 271 g/mol. The summed E-state index contributed by atoms with van der Waals surface area (Å²) < 4.78 is 29.3. The lowest BCUT2D eigenvalue weighted by atomic mass is 10.0. The monoisotopic (exact) mass is 271 g/mol. The van der Waals surface area contributed by atoms with E-state index >= 15 is 0 Å². The molecule has 2 aliphatic rings. The molecule has 2 fully saturated rings. The molecule has 3 rings (SSSR count). The van der Waals surface area contributed by atoms with Crippen molar-refractivity contribution in [3.05, 3.63) is 12.4 Å². The van der Waals surface area contributed by atoms with Crippen LogP contribution in [0.3, 0.4) is 0 Å². The Kier molecular flexibility index (Phi) is 3.08. The maximum atomic E-state index is 12.2. The molecule has 18 heavy (non-hydrogen) atoms. The highest BCUT2D eigenvalue weighted by Crippen LogP contribution is 2.25. The summed E-state index contributed by atoms with van der Waals surface area (Å²) in [5, 5.41) is 7.63. The molecule has 0 unspecified atom stereocenters. The molecule has 0 aromatic carbocycles. The van der Waals surface area contributed by atoms with E-state index < -0.39 is 10.2 Å². The SMILES string of the molecule is O=S(=O)(N1CCCC1)N1CC(Cn2ccnn2)C1. The Morgan fingerprint density at radius 3 is 2.50 bits per heavy atom. The summed E-state index contributed by atoms with van der Waals surface area (Å²) in [4.78, 5) is 0. The van der Waals surface area contributed by atoms with Gasteiger partial charge < -0.3 is 0 Å². The summed E-state index contributed by atoms with van der Waals surface area (Å²) in [6, 6.07) is 0. The molecule has 3 heterocycles. The van der Waals surface area contributed by atoms with Crippen LogP contribution in [-0.2, 0) is 16.8 Å². The fourth-order valence-electron chi connectivity index (χ4n) is 2.50. The van der Waals surface area contributed by atoms with Gasteiger partial charge in [0.15, 0.2) is 0 Å². The van der Waals surface area contributed by atoms with Gasteiger partial charge in [0.05, 0.1) is 6.20 Å². The van der Waals surface area contributed by atoms with E-state index in [0.29, 0.717) is 32.1 Å². The van der Waals surface area contributed by atoms with E-state index in [2.05, 4.69) is 10.3 Å². The largest absolute Gasteiger partial charge is 0.281 e. The van der Waals surface area contributed by atoms with Crippen molar-refractivity contribution in [3.8, 4) is 0 Å². The van der Waals surface area contributed by atoms with Gasteiger partial charge in [-0.3, -0.25) is 4.68 Å². The van der Waals surface area contributed by atoms with E-state index in [1.54, 1.807) is 25.7 Å². The minimum absolute atomic E-state index is 0.351. The van der Waals surface area contributed by atoms with Crippen molar-refractivity contribution in [1.29, 1.82) is 0 Å². The molecule has 0 radical (unpaired) electrons. The van der Waals surface area contributed by atoms with Crippen molar-refractivity contribution in [2.45, 2.75) is 19.4 Å². The van der Waals surface area contributed by atoms with E-state index in [1.807, 2.05) is 0 Å². The molecule has 1 aromatic rings. The smallest absolute Gasteiger partial charge is 0.252 e. The molecular formula is C10H17N5O2S. The van der Waals surface area contributed by atoms with Crippen molar-refractivity contribution >= 4 is 10.2 Å². The molecule has 8 heteroatoms. The predicted octanol–water partition coefficient (Wildman–Crippen LogP) is -0.449. The quantitative estimate of drug-likeness (QED) is 0.743. The third-order valence-corrected chi connectivity index (χ3v) is 5.53. The van der Waals surface area contributed by atoms with Crippen molar-refractivity contribution < 1.29 is 8.42 Å². The number of hydrogen-bond acceptors (Lipinski definition) is 4. The summed E-state index contributed by atoms with van der Waals surface area (Å²) in [7, 11) is -3.19. The first-order valence-electron chi connectivity index (χ1n) is 6.25. The first kappa shape index (κ1) is 12.1. The summed E-state index contributed by atoms with van der Waals surface area (Å²) in [6.07, 6.45) is 5.40. The lowest BCUT2D eigenvalue weighted by Crippen LogP contribution is -2.55. The summed E-state index contributed by atoms with van der Waals surface area (Å²) in [5.74, 6) is 0.351. The second-order valence-corrected chi connectivity index (χ2v) is 6.85. The van der Waals surface area contributed by atoms with Gasteiger partial charge in [-0.15, -0.1) is 5.10 Å². The Morgan fingerprint density at radius 2 is 1.89 bits per heavy atom. The third kappa shape index (κ3) is 2.15. The minimum Gasteiger partial charge on any atom is -0.252 e. The van der Waals surface area contributed by atoms with Gasteiger partial charge in [-0.2, -0.15) is 17.0 Å². The Labute approximate surface area is 107 Å². The minimum atomic E-state index is -3.19. The molecule has 2 aliphatic heterocycles. The molecule has 0 amide bonds. The van der Waals surface area contributed by atoms with Crippen LogP contribution in [0.15, 0.2) is 12.4 Å². The van der Waals surface area contributed by atoms with Gasteiger partial charge in [0.25, 0.3) is 10.2 Å². The Morgan fingerprint density at radius 1 is 1.17 bits per heavy atom. The van der Waals surface area contributed by atoms with E-state index in [0.717, 1.165) is 19.4 Å². The van der Waals surface area contributed by atoms with Crippen LogP contribution in [0.5, 0.6) is 0 Å². The van der Waals surface area contributed by atoms with Crippen LogP contribution in [0.1, 0.15) is 12.8 Å². The second kappa shape index (κ2) is 4.60. The molecule has 0 bridgehead atoms. The maximum Gasteiger partial charge on any atom is 0.281 e. The van der Waals surface area contributed by atoms with Crippen LogP contribution in [0, 0.1) is 5.92 Å². The van der Waals surface area contributed by atoms with Crippen LogP contribution >= 0.6 is 0 Å². The van der Waals surface area contributed by atoms with E-state index in [4.69, 9.17) is 0 Å². The summed E-state index contributed by atoms with van der Waals surface area (Å²) >= 11 is 0. The first-order chi connectivity index (χ1) is 8.66. The highest BCUT2D eigenvalue weighted by Gasteiger charge is 2.40. The van der Waals surface area contributed by atoms with Gasteiger partial charge in [-0.1, -0.05) is 5.21 Å². The van der Waals surface area contributed by atoms with E-state index in [-0.39, 0.29) is 0 Å². The highest BCUT2D eigenvalue weighted by atomic mass is 32.2. The normalized spacial score (nSPS) is 23.3. The third-order valence-electron chi connectivity index (χ3n) is 3.56. The molecule has 7 nitrogen and oxygen atoms in total. The Bertz CT molecular complexity index is 488. The molecule has 0 aliphatic carbocycles. The van der Waals surface area contributed by atoms with Crippen molar-refractivity contribution in [2.75, 3.05) is 26.2 Å². The van der Waals surface area contributed by atoms with Gasteiger partial charge in [0, 0.05) is 44.8 Å². The summed E-state index contributed by atoms with van der Waals surface area (Å²) in [6.45, 7) is 3.28. The van der Waals surface area contributed by atoms with Crippen LogP contribution in [0.2, 0.25) is 0 Å². The number of aromatic nitrogens is 3. The number of rotatable bonds is 4. The highest BCUT2D eigenvalue weighted by molar-refractivity contribution is 7.86. The molecular weight excluding hydrogens is 254 g/mol. The molecule has 2 saturated heterocycles. The predicted molar refractivity (Wildman–Crippen MR) is 64.8 cm³/mol. The molecule has 0 spiro atoms. The zero-order valence-electron chi connectivity index (χ0n) is 10.1. The van der Waals surface area contributed by atoms with Crippen LogP contribution < -0.4 is 0 Å². The molecule has 0 saturated carbocycles. The maximum absolute atomic E-state index is 12.2. The fraction of sp³-hybridized carbons (Fsp3) is 0.800. The van der Waals surface area contributed by atoms with Crippen molar-refractivity contribution in [1.82, 2.24) is 23.6 Å². The van der Waals surface area contributed by atoms with Crippen molar-refractivity contribution in [3.63, 3.8) is 0 Å². The first-order valence-corrected chi connectivity index (χ1v) is 7.65. The molecule has 1 aromatic heterocycles. The fourth-order valence-corrected chi connectivity index (χ4v) is 4.35. The van der Waals surface area contributed by atoms with Gasteiger partial charge in [0.1, 0.15) is 0 Å². The van der Waals surface area contributed by atoms with E-state index in [1.165, 1.54) is 0 Å². The zero-order valence-corrected chi connectivity index (χ0v) is 11.0. The Balaban J connectivity index is 1.55. The molecule has 0 N–H and O–H groups in total. The average Bonchev–Trinajstić information content (AvgIpc) is 2.95. The van der Waals surface area contributed by atoms with Crippen molar-refractivity contribution in [2.24, 2.45) is 5.92 Å². The van der Waals surface area contributed by atoms with Gasteiger partial charge in [0.2, 0.25) is 0 Å². The van der Waals surface area contributed by atoms with Crippen LogP contribution in [-0.4, -0.2) is 58.2 Å². The van der Waals surface area contributed by atoms with E-state index in [9.17, 15) is 8.42 Å². The second-order valence-electron chi connectivity index (χ2n) is 4.92. The summed E-state index contributed by atoms with van der Waals surface area (Å²) in [5.41, 5.74) is 0.